The Labute approximate surface area is 138 Å². The van der Waals surface area contributed by atoms with Crippen LogP contribution in [-0.2, 0) is 0 Å². The summed E-state index contributed by atoms with van der Waals surface area (Å²) in [7, 11) is 0. The zero-order valence-electron chi connectivity index (χ0n) is 13.4. The van der Waals surface area contributed by atoms with Gasteiger partial charge in [0, 0.05) is 19.6 Å². The van der Waals surface area contributed by atoms with Gasteiger partial charge in [0.25, 0.3) is 0 Å². The fourth-order valence-electron chi connectivity index (χ4n) is 3.21. The molecule has 1 aliphatic rings. The van der Waals surface area contributed by atoms with E-state index in [1.807, 2.05) is 0 Å². The average Bonchev–Trinajstić information content (AvgIpc) is 2.45. The average molecular weight is 323 g/mol. The first-order valence-electron chi connectivity index (χ1n) is 8.06. The summed E-state index contributed by atoms with van der Waals surface area (Å²) in [6.07, 6.45) is 2.38. The number of thiocarbonyl (C=S) groups is 1. The number of nitrogens with zero attached hydrogens (tertiary/aromatic N) is 1. The first kappa shape index (κ1) is 17.2. The number of benzene rings is 1. The zero-order chi connectivity index (χ0) is 15.9. The molecule has 0 unspecified atom stereocenters. The molecule has 3 nitrogen and oxygen atoms in total. The van der Waals surface area contributed by atoms with Crippen molar-refractivity contribution in [2.75, 3.05) is 31.5 Å². The molecule has 5 heteroatoms. The molecule has 1 aromatic rings. The second-order valence-corrected chi connectivity index (χ2v) is 6.83. The molecule has 2 atom stereocenters. The number of likely N-dealkylation sites (tertiary alicyclic amines) is 1. The molecule has 2 N–H and O–H groups in total. The second-order valence-electron chi connectivity index (χ2n) is 6.42. The van der Waals surface area contributed by atoms with Crippen molar-refractivity contribution in [3.8, 4) is 0 Å². The Morgan fingerprint density at radius 3 is 2.64 bits per heavy atom. The fourth-order valence-corrected chi connectivity index (χ4v) is 3.42. The van der Waals surface area contributed by atoms with Crippen LogP contribution in [0.2, 0.25) is 0 Å². The lowest BCUT2D eigenvalue weighted by Crippen LogP contribution is -2.40. The van der Waals surface area contributed by atoms with Crippen LogP contribution >= 0.6 is 12.2 Å². The Morgan fingerprint density at radius 1 is 1.27 bits per heavy atom. The quantitative estimate of drug-likeness (QED) is 0.641. The predicted molar refractivity (Wildman–Crippen MR) is 94.6 cm³/mol. The van der Waals surface area contributed by atoms with Crippen LogP contribution in [0.15, 0.2) is 24.3 Å². The van der Waals surface area contributed by atoms with Crippen molar-refractivity contribution >= 4 is 23.0 Å². The van der Waals surface area contributed by atoms with Crippen molar-refractivity contribution in [3.05, 3.63) is 30.1 Å². The predicted octanol–water partition coefficient (Wildman–Crippen LogP) is 3.48. The van der Waals surface area contributed by atoms with Gasteiger partial charge >= 0.3 is 0 Å². The van der Waals surface area contributed by atoms with Gasteiger partial charge in [-0.15, -0.1) is 0 Å². The van der Waals surface area contributed by atoms with Crippen LogP contribution in [0.1, 0.15) is 26.7 Å². The van der Waals surface area contributed by atoms with Crippen LogP contribution in [0.5, 0.6) is 0 Å². The highest BCUT2D eigenvalue weighted by Gasteiger charge is 2.20. The summed E-state index contributed by atoms with van der Waals surface area (Å²) in [6.45, 7) is 8.94. The number of anilines is 1. The highest BCUT2D eigenvalue weighted by atomic mass is 32.1. The van der Waals surface area contributed by atoms with E-state index in [9.17, 15) is 4.39 Å². The minimum atomic E-state index is -0.289. The van der Waals surface area contributed by atoms with Gasteiger partial charge in [-0.05, 0) is 55.6 Å². The van der Waals surface area contributed by atoms with E-state index in [2.05, 4.69) is 29.4 Å². The maximum Gasteiger partial charge on any atom is 0.170 e. The Hall–Kier alpha value is -1.20. The molecule has 0 radical (unpaired) electrons. The fraction of sp³-hybridized carbons (Fsp3) is 0.588. The van der Waals surface area contributed by atoms with E-state index in [0.717, 1.165) is 31.3 Å². The third-order valence-corrected chi connectivity index (χ3v) is 4.25. The number of nitrogens with one attached hydrogen (secondary N) is 2. The summed E-state index contributed by atoms with van der Waals surface area (Å²) in [6, 6.07) is 6.55. The highest BCUT2D eigenvalue weighted by Crippen LogP contribution is 2.20. The number of rotatable bonds is 5. The molecular weight excluding hydrogens is 297 g/mol. The van der Waals surface area contributed by atoms with Crippen molar-refractivity contribution in [2.24, 2.45) is 11.8 Å². The molecule has 1 aromatic carbocycles. The summed E-state index contributed by atoms with van der Waals surface area (Å²) in [5, 5.41) is 6.52. The van der Waals surface area contributed by atoms with Crippen LogP contribution in [0.3, 0.4) is 0 Å². The summed E-state index contributed by atoms with van der Waals surface area (Å²) >= 11 is 5.20. The minimum Gasteiger partial charge on any atom is -0.362 e. The van der Waals surface area contributed by atoms with E-state index in [4.69, 9.17) is 12.2 Å². The third kappa shape index (κ3) is 5.54. The van der Waals surface area contributed by atoms with E-state index in [0.29, 0.717) is 10.8 Å². The van der Waals surface area contributed by atoms with Crippen molar-refractivity contribution < 1.29 is 4.39 Å². The Kier molecular flexibility index (Phi) is 6.58. The minimum absolute atomic E-state index is 0.289. The van der Waals surface area contributed by atoms with Crippen LogP contribution in [0.4, 0.5) is 10.1 Å². The lowest BCUT2D eigenvalue weighted by Gasteiger charge is -2.34. The number of hydrogen-bond donors (Lipinski definition) is 2. The molecule has 0 saturated carbocycles. The summed E-state index contributed by atoms with van der Waals surface area (Å²) in [5.41, 5.74) is 0.415. The topological polar surface area (TPSA) is 27.3 Å². The molecule has 1 fully saturated rings. The first-order valence-corrected chi connectivity index (χ1v) is 8.47. The number of piperidine rings is 1. The molecule has 0 bridgehead atoms. The maximum atomic E-state index is 13.5. The molecule has 0 aromatic heterocycles. The molecule has 1 heterocycles. The lowest BCUT2D eigenvalue weighted by atomic mass is 9.92. The summed E-state index contributed by atoms with van der Waals surface area (Å²) in [5.74, 6) is 1.30. The van der Waals surface area contributed by atoms with Gasteiger partial charge in [0.1, 0.15) is 5.82 Å². The maximum absolute atomic E-state index is 13.5. The molecule has 0 amide bonds. The lowest BCUT2D eigenvalue weighted by molar-refractivity contribution is 0.140. The number of para-hydroxylation sites is 1. The zero-order valence-corrected chi connectivity index (χ0v) is 14.3. The molecule has 122 valence electrons. The van der Waals surface area contributed by atoms with E-state index in [-0.39, 0.29) is 5.82 Å². The summed E-state index contributed by atoms with van der Waals surface area (Å²) in [4.78, 5) is 2.54. The first-order chi connectivity index (χ1) is 10.5. The molecule has 22 heavy (non-hydrogen) atoms. The molecule has 1 saturated heterocycles. The van der Waals surface area contributed by atoms with Crippen molar-refractivity contribution in [2.45, 2.75) is 26.7 Å². The SMILES string of the molecule is C[C@@H]1C[C@H](C)CN(CCCNC(=S)Nc2ccccc2F)C1. The third-order valence-electron chi connectivity index (χ3n) is 4.00. The van der Waals surface area contributed by atoms with Crippen LogP contribution in [-0.4, -0.2) is 36.2 Å². The largest absolute Gasteiger partial charge is 0.362 e. The van der Waals surface area contributed by atoms with Gasteiger partial charge in [-0.3, -0.25) is 0 Å². The number of hydrogen-bond acceptors (Lipinski definition) is 2. The van der Waals surface area contributed by atoms with Crippen LogP contribution in [0, 0.1) is 17.7 Å². The smallest absolute Gasteiger partial charge is 0.170 e. The van der Waals surface area contributed by atoms with Gasteiger partial charge in [0.05, 0.1) is 5.69 Å². The van der Waals surface area contributed by atoms with Gasteiger partial charge in [-0.2, -0.15) is 0 Å². The van der Waals surface area contributed by atoms with Gasteiger partial charge < -0.3 is 15.5 Å². The van der Waals surface area contributed by atoms with E-state index < -0.39 is 0 Å². The van der Waals surface area contributed by atoms with Crippen LogP contribution in [0.25, 0.3) is 0 Å². The molecular formula is C17H26FN3S. The van der Waals surface area contributed by atoms with Gasteiger partial charge in [-0.1, -0.05) is 26.0 Å². The summed E-state index contributed by atoms with van der Waals surface area (Å²) < 4.78 is 13.5. The molecule has 0 spiro atoms. The standard InChI is InChI=1S/C17H26FN3S/c1-13-10-14(2)12-21(11-13)9-5-8-19-17(22)20-16-7-4-3-6-15(16)18/h3-4,6-7,13-14H,5,8-12H2,1-2H3,(H2,19,20,22)/t13-,14+. The second kappa shape index (κ2) is 8.44. The van der Waals surface area contributed by atoms with Crippen molar-refractivity contribution in [3.63, 3.8) is 0 Å². The Balaban J connectivity index is 1.64. The van der Waals surface area contributed by atoms with Gasteiger partial charge in [0.2, 0.25) is 0 Å². The van der Waals surface area contributed by atoms with Gasteiger partial charge in [0.15, 0.2) is 5.11 Å². The monoisotopic (exact) mass is 323 g/mol. The molecule has 0 aliphatic carbocycles. The number of halogens is 1. The Bertz CT molecular complexity index is 485. The van der Waals surface area contributed by atoms with Crippen molar-refractivity contribution in [1.82, 2.24) is 10.2 Å². The molecule has 2 rings (SSSR count). The van der Waals surface area contributed by atoms with Crippen LogP contribution < -0.4 is 10.6 Å². The molecule has 1 aliphatic heterocycles. The Morgan fingerprint density at radius 2 is 1.95 bits per heavy atom. The van der Waals surface area contributed by atoms with E-state index in [1.54, 1.807) is 18.2 Å². The normalized spacial score (nSPS) is 22.3. The van der Waals surface area contributed by atoms with E-state index >= 15 is 0 Å². The highest BCUT2D eigenvalue weighted by molar-refractivity contribution is 7.80. The van der Waals surface area contributed by atoms with E-state index in [1.165, 1.54) is 25.6 Å². The van der Waals surface area contributed by atoms with Gasteiger partial charge in [-0.25, -0.2) is 4.39 Å². The van der Waals surface area contributed by atoms with Crippen molar-refractivity contribution in [1.29, 1.82) is 0 Å².